The minimum Gasteiger partial charge on any atom is -0.480 e. The van der Waals surface area contributed by atoms with Crippen molar-refractivity contribution in [1.82, 2.24) is 5.32 Å². The van der Waals surface area contributed by atoms with Gasteiger partial charge in [-0.2, -0.15) is 5.26 Å². The number of carbonyl (C=O) groups is 2. The van der Waals surface area contributed by atoms with Crippen molar-refractivity contribution in [2.75, 3.05) is 13.2 Å². The fraction of sp³-hybridized carbons (Fsp3) is 0.700. The Labute approximate surface area is 94.2 Å². The molecule has 0 radical (unpaired) electrons. The summed E-state index contributed by atoms with van der Waals surface area (Å²) in [4.78, 5) is 22.0. The van der Waals surface area contributed by atoms with Crippen molar-refractivity contribution in [3.8, 4) is 6.07 Å². The molecule has 6 nitrogen and oxygen atoms in total. The van der Waals surface area contributed by atoms with E-state index in [1.165, 1.54) is 0 Å². The van der Waals surface area contributed by atoms with E-state index in [2.05, 4.69) is 5.32 Å². The second-order valence-electron chi connectivity index (χ2n) is 3.36. The van der Waals surface area contributed by atoms with Crippen LogP contribution >= 0.6 is 0 Å². The van der Waals surface area contributed by atoms with Gasteiger partial charge < -0.3 is 15.2 Å². The highest BCUT2D eigenvalue weighted by Crippen LogP contribution is 2.04. The molecule has 0 aliphatic carbocycles. The third-order valence-electron chi connectivity index (χ3n) is 1.88. The van der Waals surface area contributed by atoms with Crippen molar-refractivity contribution in [1.29, 1.82) is 5.26 Å². The predicted octanol–water partition coefficient (Wildman–Crippen LogP) is 0.142. The normalized spacial score (nSPS) is 13.6. The number of rotatable bonds is 7. The summed E-state index contributed by atoms with van der Waals surface area (Å²) in [7, 11) is 0. The van der Waals surface area contributed by atoms with E-state index in [0.717, 1.165) is 0 Å². The second-order valence-corrected chi connectivity index (χ2v) is 3.36. The van der Waals surface area contributed by atoms with Crippen LogP contribution in [0.15, 0.2) is 0 Å². The Hall–Kier alpha value is -1.61. The summed E-state index contributed by atoms with van der Waals surface area (Å²) in [6.07, 6.45) is 0.0870. The molecular weight excluding hydrogens is 212 g/mol. The number of amides is 1. The lowest BCUT2D eigenvalue weighted by Gasteiger charge is -2.15. The van der Waals surface area contributed by atoms with E-state index in [1.54, 1.807) is 13.8 Å². The van der Waals surface area contributed by atoms with Crippen LogP contribution in [0.1, 0.15) is 20.3 Å². The molecule has 0 heterocycles. The van der Waals surface area contributed by atoms with Gasteiger partial charge in [-0.3, -0.25) is 4.79 Å². The number of carbonyl (C=O) groups excluding carboxylic acids is 1. The molecule has 0 saturated heterocycles. The van der Waals surface area contributed by atoms with E-state index in [-0.39, 0.29) is 13.0 Å². The van der Waals surface area contributed by atoms with Gasteiger partial charge in [0.05, 0.1) is 6.07 Å². The number of aliphatic carboxylic acids is 1. The molecule has 16 heavy (non-hydrogen) atoms. The van der Waals surface area contributed by atoms with Gasteiger partial charge in [0.2, 0.25) is 5.91 Å². The molecule has 0 aliphatic rings. The standard InChI is InChI=1S/C10H16N2O4/c1-3-16-6-9(13)12-8(10(14)15)4-7(2)5-11/h7-8H,3-4,6H2,1-2H3,(H,12,13)(H,14,15)/t7-,8+/m0/s1. The first-order valence-electron chi connectivity index (χ1n) is 5.00. The van der Waals surface area contributed by atoms with Crippen LogP contribution in [-0.4, -0.2) is 36.2 Å². The van der Waals surface area contributed by atoms with Crippen LogP contribution in [0.2, 0.25) is 0 Å². The van der Waals surface area contributed by atoms with Crippen molar-refractivity contribution in [3.05, 3.63) is 0 Å². The largest absolute Gasteiger partial charge is 0.480 e. The van der Waals surface area contributed by atoms with Crippen molar-refractivity contribution in [3.63, 3.8) is 0 Å². The SMILES string of the molecule is CCOCC(=O)N[C@H](C[C@H](C)C#N)C(=O)O. The zero-order valence-electron chi connectivity index (χ0n) is 9.40. The molecule has 0 spiro atoms. The molecule has 0 fully saturated rings. The van der Waals surface area contributed by atoms with E-state index in [9.17, 15) is 9.59 Å². The summed E-state index contributed by atoms with van der Waals surface area (Å²) in [5.41, 5.74) is 0. The fourth-order valence-corrected chi connectivity index (χ4v) is 1.06. The van der Waals surface area contributed by atoms with Crippen molar-refractivity contribution in [2.45, 2.75) is 26.3 Å². The Morgan fingerprint density at radius 3 is 2.62 bits per heavy atom. The van der Waals surface area contributed by atoms with Gasteiger partial charge in [-0.05, 0) is 20.3 Å². The van der Waals surface area contributed by atoms with Gasteiger partial charge in [0.15, 0.2) is 0 Å². The smallest absolute Gasteiger partial charge is 0.326 e. The first-order chi connectivity index (χ1) is 7.51. The maximum absolute atomic E-state index is 11.2. The van der Waals surface area contributed by atoms with Gasteiger partial charge >= 0.3 is 5.97 Å². The number of carboxylic acids is 1. The molecule has 0 rings (SSSR count). The third-order valence-corrected chi connectivity index (χ3v) is 1.88. The van der Waals surface area contributed by atoms with Crippen LogP contribution in [0.4, 0.5) is 0 Å². The van der Waals surface area contributed by atoms with Gasteiger partial charge in [-0.1, -0.05) is 0 Å². The third kappa shape index (κ3) is 5.98. The monoisotopic (exact) mass is 228 g/mol. The van der Waals surface area contributed by atoms with E-state index < -0.39 is 23.8 Å². The van der Waals surface area contributed by atoms with Gasteiger partial charge in [0.25, 0.3) is 0 Å². The molecule has 0 bridgehead atoms. The number of ether oxygens (including phenoxy) is 1. The van der Waals surface area contributed by atoms with E-state index in [4.69, 9.17) is 15.1 Å². The van der Waals surface area contributed by atoms with Crippen LogP contribution in [0, 0.1) is 17.2 Å². The summed E-state index contributed by atoms with van der Waals surface area (Å²) in [5, 5.41) is 19.7. The first-order valence-corrected chi connectivity index (χ1v) is 5.00. The molecule has 1 amide bonds. The zero-order chi connectivity index (χ0) is 12.6. The minimum atomic E-state index is -1.15. The zero-order valence-corrected chi connectivity index (χ0v) is 9.40. The molecule has 90 valence electrons. The summed E-state index contributed by atoms with van der Waals surface area (Å²) in [6.45, 7) is 3.56. The lowest BCUT2D eigenvalue weighted by Crippen LogP contribution is -2.43. The molecule has 0 saturated carbocycles. The highest BCUT2D eigenvalue weighted by molar-refractivity contribution is 5.84. The molecule has 6 heteroatoms. The predicted molar refractivity (Wildman–Crippen MR) is 55.5 cm³/mol. The molecule has 2 N–H and O–H groups in total. The quantitative estimate of drug-likeness (QED) is 0.645. The Bertz CT molecular complexity index is 285. The summed E-state index contributed by atoms with van der Waals surface area (Å²) < 4.78 is 4.84. The number of hydrogen-bond acceptors (Lipinski definition) is 4. The molecule has 0 aromatic heterocycles. The number of hydrogen-bond donors (Lipinski definition) is 2. The lowest BCUT2D eigenvalue weighted by molar-refractivity contribution is -0.142. The Morgan fingerprint density at radius 2 is 2.19 bits per heavy atom. The topological polar surface area (TPSA) is 99.4 Å². The molecule has 0 aromatic rings. The Morgan fingerprint density at radius 1 is 1.56 bits per heavy atom. The van der Waals surface area contributed by atoms with E-state index in [1.807, 2.05) is 6.07 Å². The molecule has 0 aromatic carbocycles. The lowest BCUT2D eigenvalue weighted by atomic mass is 10.0. The van der Waals surface area contributed by atoms with Crippen molar-refractivity contribution in [2.24, 2.45) is 5.92 Å². The highest BCUT2D eigenvalue weighted by Gasteiger charge is 2.22. The number of nitrogens with one attached hydrogen (secondary N) is 1. The van der Waals surface area contributed by atoms with Crippen LogP contribution in [0.5, 0.6) is 0 Å². The molecular formula is C10H16N2O4. The van der Waals surface area contributed by atoms with Gasteiger partial charge in [-0.15, -0.1) is 0 Å². The second kappa shape index (κ2) is 7.65. The van der Waals surface area contributed by atoms with E-state index in [0.29, 0.717) is 6.61 Å². The Kier molecular flexibility index (Phi) is 6.88. The molecule has 0 unspecified atom stereocenters. The number of nitrogens with zero attached hydrogens (tertiary/aromatic N) is 1. The van der Waals surface area contributed by atoms with Gasteiger partial charge in [0, 0.05) is 12.5 Å². The average molecular weight is 228 g/mol. The fourth-order valence-electron chi connectivity index (χ4n) is 1.06. The van der Waals surface area contributed by atoms with Crippen LogP contribution in [0.3, 0.4) is 0 Å². The van der Waals surface area contributed by atoms with Crippen LogP contribution < -0.4 is 5.32 Å². The van der Waals surface area contributed by atoms with Crippen LogP contribution in [-0.2, 0) is 14.3 Å². The van der Waals surface area contributed by atoms with E-state index >= 15 is 0 Å². The maximum atomic E-state index is 11.2. The summed E-state index contributed by atoms with van der Waals surface area (Å²) >= 11 is 0. The van der Waals surface area contributed by atoms with Gasteiger partial charge in [-0.25, -0.2) is 4.79 Å². The number of carboxylic acid groups (broad SMARTS) is 1. The average Bonchev–Trinajstić information content (AvgIpc) is 2.24. The summed E-state index contributed by atoms with van der Waals surface area (Å²) in [5.74, 6) is -2.06. The minimum absolute atomic E-state index is 0.0870. The van der Waals surface area contributed by atoms with Gasteiger partial charge in [0.1, 0.15) is 12.6 Å². The molecule has 0 aliphatic heterocycles. The molecule has 2 atom stereocenters. The maximum Gasteiger partial charge on any atom is 0.326 e. The van der Waals surface area contributed by atoms with Crippen molar-refractivity contribution >= 4 is 11.9 Å². The summed E-state index contributed by atoms with van der Waals surface area (Å²) in [6, 6.07) is 0.882. The number of nitriles is 1. The van der Waals surface area contributed by atoms with Crippen LogP contribution in [0.25, 0.3) is 0 Å². The van der Waals surface area contributed by atoms with Crippen molar-refractivity contribution < 1.29 is 19.4 Å². The Balaban J connectivity index is 4.19. The first kappa shape index (κ1) is 14.4. The highest BCUT2D eigenvalue weighted by atomic mass is 16.5.